The first-order valence-corrected chi connectivity index (χ1v) is 12.2. The molecule has 6 N–H and O–H groups in total. The molecular formula is C25H44O8. The Morgan fingerprint density at radius 2 is 1.70 bits per heavy atom. The van der Waals surface area contributed by atoms with Gasteiger partial charge in [-0.1, -0.05) is 32.4 Å². The van der Waals surface area contributed by atoms with E-state index in [4.69, 9.17) is 9.47 Å². The molecule has 33 heavy (non-hydrogen) atoms. The van der Waals surface area contributed by atoms with Crippen molar-refractivity contribution in [1.29, 1.82) is 0 Å². The first kappa shape index (κ1) is 27.0. The van der Waals surface area contributed by atoms with Gasteiger partial charge in [-0.25, -0.2) is 0 Å². The maximum Gasteiger partial charge on any atom is 0.186 e. The Kier molecular flexibility index (Phi) is 8.04. The lowest BCUT2D eigenvalue weighted by Gasteiger charge is -2.64. The first-order chi connectivity index (χ1) is 15.2. The van der Waals surface area contributed by atoms with Gasteiger partial charge in [0.05, 0.1) is 31.0 Å². The molecule has 1 aliphatic heterocycles. The maximum atomic E-state index is 11.7. The summed E-state index contributed by atoms with van der Waals surface area (Å²) in [5.41, 5.74) is -0.793. The lowest BCUT2D eigenvalue weighted by molar-refractivity contribution is -0.319. The lowest BCUT2D eigenvalue weighted by Crippen LogP contribution is -2.66. The van der Waals surface area contributed by atoms with Crippen molar-refractivity contribution in [2.24, 2.45) is 22.7 Å². The average Bonchev–Trinajstić information content (AvgIpc) is 2.65. The van der Waals surface area contributed by atoms with Crippen molar-refractivity contribution < 1.29 is 40.1 Å². The summed E-state index contributed by atoms with van der Waals surface area (Å²) < 4.78 is 11.8. The van der Waals surface area contributed by atoms with Gasteiger partial charge >= 0.3 is 0 Å². The fourth-order valence-corrected chi connectivity index (χ4v) is 7.47. The van der Waals surface area contributed by atoms with Gasteiger partial charge in [0.1, 0.15) is 18.3 Å². The smallest absolute Gasteiger partial charge is 0.186 e. The van der Waals surface area contributed by atoms with Crippen LogP contribution in [0.1, 0.15) is 66.7 Å². The molecule has 0 aromatic rings. The topological polar surface area (TPSA) is 140 Å². The van der Waals surface area contributed by atoms with Gasteiger partial charge < -0.3 is 40.1 Å². The molecule has 8 nitrogen and oxygen atoms in total. The minimum absolute atomic E-state index is 0.0152. The number of rotatable bonds is 6. The van der Waals surface area contributed by atoms with Crippen LogP contribution in [0, 0.1) is 22.7 Å². The second-order valence-electron chi connectivity index (χ2n) is 11.8. The summed E-state index contributed by atoms with van der Waals surface area (Å²) in [7, 11) is 0. The molecule has 1 saturated heterocycles. The van der Waals surface area contributed by atoms with E-state index in [0.717, 1.165) is 12.0 Å². The number of fused-ring (bicyclic) bond motifs is 1. The third-order valence-electron chi connectivity index (χ3n) is 8.55. The second-order valence-corrected chi connectivity index (χ2v) is 11.8. The Morgan fingerprint density at radius 3 is 2.33 bits per heavy atom. The third-order valence-corrected chi connectivity index (χ3v) is 8.55. The number of hydrogen-bond acceptors (Lipinski definition) is 8. The molecule has 0 spiro atoms. The van der Waals surface area contributed by atoms with Crippen molar-refractivity contribution >= 4 is 0 Å². The van der Waals surface area contributed by atoms with E-state index in [1.54, 1.807) is 6.08 Å². The Balaban J connectivity index is 1.93. The molecule has 2 aliphatic carbocycles. The maximum absolute atomic E-state index is 11.7. The van der Waals surface area contributed by atoms with E-state index in [2.05, 4.69) is 20.8 Å². The van der Waals surface area contributed by atoms with E-state index in [1.165, 1.54) is 0 Å². The van der Waals surface area contributed by atoms with Gasteiger partial charge in [-0.2, -0.15) is 0 Å². The Hall–Kier alpha value is -0.580. The predicted molar refractivity (Wildman–Crippen MR) is 122 cm³/mol. The number of ether oxygens (including phenoxy) is 2. The SMILES string of the molecule is C/C(=C\CO)CC[C@@H]1[C@@]2(C)C[C@@H](O)CC(C)(C)[C@@H]2[C@@H](O[C@@H]2OC[C@H](O)[C@H](O)[C@H]2O)C[C@@]1(C)O. The summed E-state index contributed by atoms with van der Waals surface area (Å²) in [6.45, 7) is 9.97. The Labute approximate surface area is 197 Å². The summed E-state index contributed by atoms with van der Waals surface area (Å²) in [6, 6.07) is 0. The molecule has 1 heterocycles. The molecule has 192 valence electrons. The monoisotopic (exact) mass is 472 g/mol. The molecule has 8 heteroatoms. The minimum atomic E-state index is -1.40. The van der Waals surface area contributed by atoms with Crippen molar-refractivity contribution in [2.75, 3.05) is 13.2 Å². The van der Waals surface area contributed by atoms with Crippen molar-refractivity contribution in [3.8, 4) is 0 Å². The van der Waals surface area contributed by atoms with E-state index in [0.29, 0.717) is 25.7 Å². The van der Waals surface area contributed by atoms with Crippen molar-refractivity contribution in [2.45, 2.75) is 109 Å². The van der Waals surface area contributed by atoms with Crippen molar-refractivity contribution in [3.63, 3.8) is 0 Å². The summed E-state index contributed by atoms with van der Waals surface area (Å²) in [4.78, 5) is 0. The predicted octanol–water partition coefficient (Wildman–Crippen LogP) is 1.10. The van der Waals surface area contributed by atoms with Crippen LogP contribution in [0.25, 0.3) is 0 Å². The highest BCUT2D eigenvalue weighted by atomic mass is 16.7. The van der Waals surface area contributed by atoms with Crippen molar-refractivity contribution in [1.82, 2.24) is 0 Å². The summed E-state index contributed by atoms with van der Waals surface area (Å²) in [5, 5.41) is 62.1. The zero-order chi connectivity index (χ0) is 24.8. The van der Waals surface area contributed by atoms with E-state index in [1.807, 2.05) is 13.8 Å². The second kappa shape index (κ2) is 9.82. The van der Waals surface area contributed by atoms with E-state index in [9.17, 15) is 30.6 Å². The third kappa shape index (κ3) is 5.33. The van der Waals surface area contributed by atoms with Crippen LogP contribution >= 0.6 is 0 Å². The molecule has 0 aromatic heterocycles. The van der Waals surface area contributed by atoms with Gasteiger partial charge in [0.25, 0.3) is 0 Å². The first-order valence-electron chi connectivity index (χ1n) is 12.2. The summed E-state index contributed by atoms with van der Waals surface area (Å²) in [6.07, 6.45) is -1.34. The molecule has 0 amide bonds. The van der Waals surface area contributed by atoms with E-state index < -0.39 is 47.8 Å². The lowest BCUT2D eigenvalue weighted by atomic mass is 9.43. The molecule has 0 unspecified atom stereocenters. The molecule has 0 radical (unpaired) electrons. The van der Waals surface area contributed by atoms with E-state index in [-0.39, 0.29) is 30.5 Å². The highest BCUT2D eigenvalue weighted by Gasteiger charge is 2.63. The Bertz CT molecular complexity index is 707. The van der Waals surface area contributed by atoms with Gasteiger partial charge in [0.2, 0.25) is 0 Å². The largest absolute Gasteiger partial charge is 0.393 e. The molecule has 3 fully saturated rings. The van der Waals surface area contributed by atoms with Gasteiger partial charge in [-0.15, -0.1) is 0 Å². The fourth-order valence-electron chi connectivity index (χ4n) is 7.47. The fraction of sp³-hybridized carbons (Fsp3) is 0.920. The normalized spacial score (nSPS) is 48.4. The van der Waals surface area contributed by atoms with Crippen LogP contribution in [-0.2, 0) is 9.47 Å². The molecule has 0 aromatic carbocycles. The number of aliphatic hydroxyl groups is 6. The highest BCUT2D eigenvalue weighted by molar-refractivity contribution is 5.13. The summed E-state index contributed by atoms with van der Waals surface area (Å²) >= 11 is 0. The van der Waals surface area contributed by atoms with Gasteiger partial charge in [-0.05, 0) is 62.2 Å². The molecule has 10 atom stereocenters. The molecule has 3 aliphatic rings. The van der Waals surface area contributed by atoms with Gasteiger partial charge in [0.15, 0.2) is 6.29 Å². The van der Waals surface area contributed by atoms with Crippen LogP contribution in [0.4, 0.5) is 0 Å². The quantitative estimate of drug-likeness (QED) is 0.316. The zero-order valence-electron chi connectivity index (χ0n) is 20.6. The highest BCUT2D eigenvalue weighted by Crippen LogP contribution is 2.63. The molecule has 0 bridgehead atoms. The van der Waals surface area contributed by atoms with Crippen LogP contribution in [0.2, 0.25) is 0 Å². The van der Waals surface area contributed by atoms with Crippen LogP contribution < -0.4 is 0 Å². The number of aliphatic hydroxyl groups excluding tert-OH is 5. The van der Waals surface area contributed by atoms with Crippen LogP contribution in [-0.4, -0.2) is 86.3 Å². The van der Waals surface area contributed by atoms with Crippen LogP contribution in [0.15, 0.2) is 11.6 Å². The standard InChI is InChI=1S/C25H44O8/c1-14(8-9-26)6-7-18-24(4)11-15(27)10-23(2,3)21(24)17(12-25(18,5)31)33-22-20(30)19(29)16(28)13-32-22/h8,15-22,26-31H,6-7,9-13H2,1-5H3/b14-8+/t15-,16-,17-,18+,19-,20+,21-,22-,24+,25+/m0/s1. The summed E-state index contributed by atoms with van der Waals surface area (Å²) in [5.74, 6) is -0.156. The van der Waals surface area contributed by atoms with E-state index >= 15 is 0 Å². The molecule has 3 rings (SSSR count). The number of hydrogen-bond donors (Lipinski definition) is 6. The number of allylic oxidation sites excluding steroid dienone is 1. The minimum Gasteiger partial charge on any atom is -0.393 e. The molecule has 2 saturated carbocycles. The van der Waals surface area contributed by atoms with Crippen LogP contribution in [0.3, 0.4) is 0 Å². The zero-order valence-corrected chi connectivity index (χ0v) is 20.6. The van der Waals surface area contributed by atoms with Gasteiger partial charge in [0, 0.05) is 6.42 Å². The average molecular weight is 473 g/mol. The van der Waals surface area contributed by atoms with Crippen LogP contribution in [0.5, 0.6) is 0 Å². The van der Waals surface area contributed by atoms with Gasteiger partial charge in [-0.3, -0.25) is 0 Å². The van der Waals surface area contributed by atoms with Crippen molar-refractivity contribution in [3.05, 3.63) is 11.6 Å². The Morgan fingerprint density at radius 1 is 1.03 bits per heavy atom. The molecular weight excluding hydrogens is 428 g/mol.